The summed E-state index contributed by atoms with van der Waals surface area (Å²) in [6.45, 7) is 5.79. The lowest BCUT2D eigenvalue weighted by Gasteiger charge is -2.30. The fourth-order valence-electron chi connectivity index (χ4n) is 4.33. The fourth-order valence-corrected chi connectivity index (χ4v) is 4.33. The van der Waals surface area contributed by atoms with E-state index in [1.54, 1.807) is 7.11 Å². The minimum Gasteiger partial charge on any atom is -0.497 e. The number of aromatic amines is 1. The van der Waals surface area contributed by atoms with Crippen molar-refractivity contribution in [1.82, 2.24) is 20.2 Å². The van der Waals surface area contributed by atoms with E-state index in [4.69, 9.17) is 9.72 Å². The second-order valence-corrected chi connectivity index (χ2v) is 8.13. The number of benzene rings is 2. The number of nitrogens with zero attached hydrogens (tertiary/aromatic N) is 2. The van der Waals surface area contributed by atoms with E-state index in [0.29, 0.717) is 6.42 Å². The third-order valence-electron chi connectivity index (χ3n) is 5.96. The fraction of sp³-hybridized carbons (Fsp3) is 0.417. The van der Waals surface area contributed by atoms with Crippen molar-refractivity contribution in [1.29, 1.82) is 0 Å². The maximum absolute atomic E-state index is 12.6. The number of aromatic nitrogens is 2. The first-order valence-electron chi connectivity index (χ1n) is 10.7. The van der Waals surface area contributed by atoms with Gasteiger partial charge in [-0.3, -0.25) is 4.79 Å². The summed E-state index contributed by atoms with van der Waals surface area (Å²) < 4.78 is 5.28. The number of imidazole rings is 1. The molecule has 158 valence electrons. The number of likely N-dealkylation sites (tertiary alicyclic amines) is 1. The van der Waals surface area contributed by atoms with Gasteiger partial charge in [0.15, 0.2) is 0 Å². The van der Waals surface area contributed by atoms with Gasteiger partial charge in [-0.2, -0.15) is 0 Å². The number of rotatable bonds is 8. The summed E-state index contributed by atoms with van der Waals surface area (Å²) in [7, 11) is 1.68. The molecule has 2 atom stereocenters. The van der Waals surface area contributed by atoms with E-state index in [0.717, 1.165) is 48.5 Å². The van der Waals surface area contributed by atoms with Gasteiger partial charge in [0.05, 0.1) is 24.2 Å². The van der Waals surface area contributed by atoms with Crippen LogP contribution in [0.2, 0.25) is 0 Å². The van der Waals surface area contributed by atoms with Crippen LogP contribution in [0.15, 0.2) is 42.5 Å². The van der Waals surface area contributed by atoms with E-state index in [1.807, 2.05) is 29.2 Å². The van der Waals surface area contributed by atoms with Crippen molar-refractivity contribution in [2.45, 2.75) is 51.7 Å². The number of ether oxygens (including phenoxy) is 1. The number of H-pyrrole nitrogens is 1. The van der Waals surface area contributed by atoms with Crippen LogP contribution < -0.4 is 10.1 Å². The van der Waals surface area contributed by atoms with Crippen molar-refractivity contribution in [3.8, 4) is 5.75 Å². The molecule has 6 heteroatoms. The highest BCUT2D eigenvalue weighted by Gasteiger charge is 2.35. The van der Waals surface area contributed by atoms with Crippen LogP contribution in [-0.4, -0.2) is 40.5 Å². The molecular formula is C24H30N4O2. The topological polar surface area (TPSA) is 70.2 Å². The molecule has 0 spiro atoms. The largest absolute Gasteiger partial charge is 0.497 e. The van der Waals surface area contributed by atoms with Crippen LogP contribution >= 0.6 is 0 Å². The first kappa shape index (κ1) is 20.4. The number of nitrogens with one attached hydrogen (secondary N) is 2. The van der Waals surface area contributed by atoms with Crippen LogP contribution in [-0.2, 0) is 11.3 Å². The lowest BCUT2D eigenvalue weighted by molar-refractivity contribution is -0.131. The van der Waals surface area contributed by atoms with Crippen molar-refractivity contribution in [2.24, 2.45) is 0 Å². The molecule has 2 aromatic carbocycles. The summed E-state index contributed by atoms with van der Waals surface area (Å²) in [4.78, 5) is 22.8. The Balaban J connectivity index is 1.37. The second-order valence-electron chi connectivity index (χ2n) is 8.13. The zero-order valence-electron chi connectivity index (χ0n) is 17.9. The number of carbonyl (C=O) groups is 1. The van der Waals surface area contributed by atoms with Crippen molar-refractivity contribution in [3.63, 3.8) is 0 Å². The van der Waals surface area contributed by atoms with Gasteiger partial charge in [-0.1, -0.05) is 18.2 Å². The average molecular weight is 407 g/mol. The highest BCUT2D eigenvalue weighted by Crippen LogP contribution is 2.31. The summed E-state index contributed by atoms with van der Waals surface area (Å²) >= 11 is 0. The molecule has 1 saturated heterocycles. The number of methoxy groups -OCH3 is 1. The standard InChI is InChI=1S/C24H30N4O2/c1-16-7-9-21-22(13-16)27-24(26-21)17(2)28-19(8-10-23(28)29)11-12-25-15-18-5-4-6-20(14-18)30-3/h4-7,9,13-14,17,19,25H,8,10-12,15H2,1-3H3,(H,26,27)/t17-,19-/m1/s1. The van der Waals surface area contributed by atoms with Crippen LogP contribution in [0.1, 0.15) is 49.2 Å². The Morgan fingerprint density at radius 3 is 3.00 bits per heavy atom. The van der Waals surface area contributed by atoms with Gasteiger partial charge in [-0.25, -0.2) is 4.98 Å². The molecule has 1 aromatic heterocycles. The van der Waals surface area contributed by atoms with Crippen molar-refractivity contribution in [3.05, 3.63) is 59.4 Å². The number of carbonyl (C=O) groups excluding carboxylic acids is 1. The second kappa shape index (κ2) is 8.88. The molecule has 0 saturated carbocycles. The smallest absolute Gasteiger partial charge is 0.223 e. The van der Waals surface area contributed by atoms with Gasteiger partial charge in [-0.15, -0.1) is 0 Å². The Bertz CT molecular complexity index is 1030. The van der Waals surface area contributed by atoms with Gasteiger partial charge in [-0.05, 0) is 68.6 Å². The van der Waals surface area contributed by atoms with Gasteiger partial charge in [0.2, 0.25) is 5.91 Å². The Morgan fingerprint density at radius 1 is 1.30 bits per heavy atom. The van der Waals surface area contributed by atoms with Gasteiger partial charge >= 0.3 is 0 Å². The Kier molecular flexibility index (Phi) is 6.04. The average Bonchev–Trinajstić information content (AvgIpc) is 3.34. The van der Waals surface area contributed by atoms with Gasteiger partial charge in [0.25, 0.3) is 0 Å². The van der Waals surface area contributed by atoms with E-state index >= 15 is 0 Å². The number of aryl methyl sites for hydroxylation is 1. The number of hydrogen-bond donors (Lipinski definition) is 2. The number of hydrogen-bond acceptors (Lipinski definition) is 4. The quantitative estimate of drug-likeness (QED) is 0.552. The van der Waals surface area contributed by atoms with Gasteiger partial charge in [0.1, 0.15) is 11.6 Å². The number of amides is 1. The van der Waals surface area contributed by atoms with E-state index in [-0.39, 0.29) is 18.0 Å². The number of fused-ring (bicyclic) bond motifs is 1. The molecule has 0 radical (unpaired) electrons. The first-order valence-corrected chi connectivity index (χ1v) is 10.7. The Labute approximate surface area is 177 Å². The van der Waals surface area contributed by atoms with Crippen LogP contribution in [0.4, 0.5) is 0 Å². The van der Waals surface area contributed by atoms with Crippen molar-refractivity contribution < 1.29 is 9.53 Å². The predicted octanol–water partition coefficient (Wildman–Crippen LogP) is 4.11. The maximum atomic E-state index is 12.6. The zero-order valence-corrected chi connectivity index (χ0v) is 17.9. The Hall–Kier alpha value is -2.86. The lowest BCUT2D eigenvalue weighted by atomic mass is 10.1. The molecule has 4 rings (SSSR count). The van der Waals surface area contributed by atoms with Crippen molar-refractivity contribution in [2.75, 3.05) is 13.7 Å². The normalized spacial score (nSPS) is 17.6. The van der Waals surface area contributed by atoms with E-state index in [2.05, 4.69) is 42.3 Å². The molecule has 1 amide bonds. The first-order chi connectivity index (χ1) is 14.5. The minimum absolute atomic E-state index is 0.0592. The highest BCUT2D eigenvalue weighted by atomic mass is 16.5. The highest BCUT2D eigenvalue weighted by molar-refractivity contribution is 5.80. The summed E-state index contributed by atoms with van der Waals surface area (Å²) in [5.74, 6) is 1.95. The predicted molar refractivity (Wildman–Crippen MR) is 118 cm³/mol. The third kappa shape index (κ3) is 4.33. The monoisotopic (exact) mass is 406 g/mol. The van der Waals surface area contributed by atoms with E-state index in [9.17, 15) is 4.79 Å². The van der Waals surface area contributed by atoms with Crippen LogP contribution in [0.25, 0.3) is 11.0 Å². The maximum Gasteiger partial charge on any atom is 0.223 e. The molecule has 0 unspecified atom stereocenters. The lowest BCUT2D eigenvalue weighted by Crippen LogP contribution is -2.37. The molecule has 1 aliphatic rings. The van der Waals surface area contributed by atoms with E-state index in [1.165, 1.54) is 11.1 Å². The minimum atomic E-state index is -0.0592. The summed E-state index contributed by atoms with van der Waals surface area (Å²) in [6.07, 6.45) is 2.45. The third-order valence-corrected chi connectivity index (χ3v) is 5.96. The SMILES string of the molecule is COc1cccc(CNCC[C@H]2CCC(=O)N2[C@H](C)c2nc3ccc(C)cc3[nH]2)c1. The van der Waals surface area contributed by atoms with Crippen LogP contribution in [0.3, 0.4) is 0 Å². The molecule has 2 N–H and O–H groups in total. The van der Waals surface area contributed by atoms with Gasteiger partial charge < -0.3 is 19.9 Å². The molecule has 1 aliphatic heterocycles. The summed E-state index contributed by atoms with van der Waals surface area (Å²) in [6, 6.07) is 14.5. The van der Waals surface area contributed by atoms with Crippen LogP contribution in [0.5, 0.6) is 5.75 Å². The zero-order chi connectivity index (χ0) is 21.1. The molecule has 1 fully saturated rings. The van der Waals surface area contributed by atoms with Crippen molar-refractivity contribution >= 4 is 16.9 Å². The molecule has 6 nitrogen and oxygen atoms in total. The van der Waals surface area contributed by atoms with Gasteiger partial charge in [0, 0.05) is 19.0 Å². The summed E-state index contributed by atoms with van der Waals surface area (Å²) in [5.41, 5.74) is 4.37. The van der Waals surface area contributed by atoms with E-state index < -0.39 is 0 Å². The molecule has 2 heterocycles. The molecule has 0 aliphatic carbocycles. The molecule has 0 bridgehead atoms. The van der Waals surface area contributed by atoms with Crippen LogP contribution in [0, 0.1) is 6.92 Å². The molecular weight excluding hydrogens is 376 g/mol. The Morgan fingerprint density at radius 2 is 2.17 bits per heavy atom. The molecule has 30 heavy (non-hydrogen) atoms. The molecule has 3 aromatic rings. The summed E-state index contributed by atoms with van der Waals surface area (Å²) in [5, 5.41) is 3.50.